The molecular weight excluding hydrogens is 740 g/mol. The van der Waals surface area contributed by atoms with Crippen molar-refractivity contribution in [1.29, 1.82) is 0 Å². The van der Waals surface area contributed by atoms with Crippen LogP contribution in [0.1, 0.15) is 48.9 Å². The van der Waals surface area contributed by atoms with E-state index in [-0.39, 0.29) is 24.0 Å². The molecule has 11 heteroatoms. The van der Waals surface area contributed by atoms with Gasteiger partial charge >= 0.3 is 0 Å². The van der Waals surface area contributed by atoms with E-state index in [4.69, 9.17) is 19.2 Å². The number of benzene rings is 4. The van der Waals surface area contributed by atoms with Gasteiger partial charge in [0, 0.05) is 21.3 Å². The van der Waals surface area contributed by atoms with E-state index in [2.05, 4.69) is 56.1 Å². The number of carbonyl (C=O) groups excluding carboxylic acids is 1. The second-order valence-corrected chi connectivity index (χ2v) is 13.0. The summed E-state index contributed by atoms with van der Waals surface area (Å²) < 4.78 is 19.9. The molecule has 0 saturated carbocycles. The molecule has 0 aliphatic rings. The maximum absolute atomic E-state index is 14.0. The fourth-order valence-corrected chi connectivity index (χ4v) is 6.09. The molecule has 0 bridgehead atoms. The molecule has 1 amide bonds. The van der Waals surface area contributed by atoms with Crippen molar-refractivity contribution in [1.82, 2.24) is 9.66 Å². The standard InChI is InChI=1S/C37H36Br2N4O5/c1-7-47-30-16-23(5)28(18-27(30)21(2)3)36-42-29-11-9-8-10-26(29)37(45)43(36)40-19-24-17-31(46-6)35(34(39)33(24)38)48-20-32(44)41-25-14-12-22(4)13-15-25/h8-19,21H,7,20H2,1-6H3,(H,41,44). The van der Waals surface area contributed by atoms with Crippen LogP contribution in [0.3, 0.4) is 0 Å². The van der Waals surface area contributed by atoms with Crippen LogP contribution in [-0.2, 0) is 4.79 Å². The average Bonchev–Trinajstić information content (AvgIpc) is 3.06. The van der Waals surface area contributed by atoms with Gasteiger partial charge in [-0.3, -0.25) is 9.59 Å². The minimum absolute atomic E-state index is 0.171. The highest BCUT2D eigenvalue weighted by atomic mass is 79.9. The molecule has 1 aromatic heterocycles. The van der Waals surface area contributed by atoms with E-state index in [0.29, 0.717) is 55.0 Å². The van der Waals surface area contributed by atoms with Crippen LogP contribution in [0.15, 0.2) is 85.6 Å². The van der Waals surface area contributed by atoms with Gasteiger partial charge in [-0.2, -0.15) is 9.78 Å². The number of anilines is 1. The van der Waals surface area contributed by atoms with Gasteiger partial charge in [0.25, 0.3) is 11.5 Å². The fraction of sp³-hybridized carbons (Fsp3) is 0.243. The molecule has 0 aliphatic heterocycles. The fourth-order valence-electron chi connectivity index (χ4n) is 5.15. The van der Waals surface area contributed by atoms with Gasteiger partial charge in [-0.15, -0.1) is 0 Å². The Morgan fingerprint density at radius 1 is 1.00 bits per heavy atom. The SMILES string of the molecule is CCOc1cc(C)c(-c2nc3ccccc3c(=O)n2N=Cc2cc(OC)c(OCC(=O)Nc3ccc(C)cc3)c(Br)c2Br)cc1C(C)C. The van der Waals surface area contributed by atoms with E-state index in [1.807, 2.05) is 69.3 Å². The summed E-state index contributed by atoms with van der Waals surface area (Å²) in [7, 11) is 1.51. The summed E-state index contributed by atoms with van der Waals surface area (Å²) in [5.41, 5.74) is 5.29. The summed E-state index contributed by atoms with van der Waals surface area (Å²) >= 11 is 7.21. The number of ether oxygens (including phenoxy) is 3. The third-order valence-electron chi connectivity index (χ3n) is 7.64. The zero-order chi connectivity index (χ0) is 34.5. The Labute approximate surface area is 296 Å². The Bertz CT molecular complexity index is 2070. The molecule has 0 fully saturated rings. The molecule has 9 nitrogen and oxygen atoms in total. The maximum Gasteiger partial charge on any atom is 0.282 e. The number of para-hydroxylation sites is 1. The van der Waals surface area contributed by atoms with Crippen LogP contribution >= 0.6 is 31.9 Å². The molecule has 248 valence electrons. The first-order valence-electron chi connectivity index (χ1n) is 15.4. The zero-order valence-electron chi connectivity index (χ0n) is 27.6. The van der Waals surface area contributed by atoms with Crippen molar-refractivity contribution < 1.29 is 19.0 Å². The smallest absolute Gasteiger partial charge is 0.282 e. The van der Waals surface area contributed by atoms with Crippen LogP contribution in [0.5, 0.6) is 17.2 Å². The van der Waals surface area contributed by atoms with Crippen LogP contribution in [0.2, 0.25) is 0 Å². The molecule has 5 rings (SSSR count). The van der Waals surface area contributed by atoms with Crippen LogP contribution in [0.4, 0.5) is 5.69 Å². The van der Waals surface area contributed by atoms with Gasteiger partial charge in [0.1, 0.15) is 5.75 Å². The quantitative estimate of drug-likeness (QED) is 0.135. The highest BCUT2D eigenvalue weighted by Gasteiger charge is 2.21. The molecule has 0 unspecified atom stereocenters. The minimum atomic E-state index is -0.324. The van der Waals surface area contributed by atoms with E-state index in [0.717, 1.165) is 28.0 Å². The molecule has 0 atom stereocenters. The molecule has 5 aromatic rings. The van der Waals surface area contributed by atoms with Crippen molar-refractivity contribution in [2.24, 2.45) is 5.10 Å². The van der Waals surface area contributed by atoms with Crippen LogP contribution < -0.4 is 25.1 Å². The maximum atomic E-state index is 14.0. The Morgan fingerprint density at radius 3 is 2.42 bits per heavy atom. The number of methoxy groups -OCH3 is 1. The largest absolute Gasteiger partial charge is 0.494 e. The number of nitrogens with one attached hydrogen (secondary N) is 1. The molecule has 0 radical (unpaired) electrons. The summed E-state index contributed by atoms with van der Waals surface area (Å²) in [6.07, 6.45) is 1.56. The normalized spacial score (nSPS) is 11.4. The number of rotatable bonds is 11. The lowest BCUT2D eigenvalue weighted by Gasteiger charge is -2.18. The second-order valence-electron chi connectivity index (χ2n) is 11.4. The van der Waals surface area contributed by atoms with Gasteiger partial charge in [0.05, 0.1) is 35.3 Å². The third-order valence-corrected chi connectivity index (χ3v) is 9.79. The number of halogens is 2. The van der Waals surface area contributed by atoms with Crippen LogP contribution in [0.25, 0.3) is 22.3 Å². The van der Waals surface area contributed by atoms with Crippen molar-refractivity contribution in [2.75, 3.05) is 25.6 Å². The highest BCUT2D eigenvalue weighted by Crippen LogP contribution is 2.42. The Balaban J connectivity index is 1.54. The van der Waals surface area contributed by atoms with Gasteiger partial charge in [-0.05, 0) is 112 Å². The molecule has 0 aliphatic carbocycles. The number of hydrogen-bond donors (Lipinski definition) is 1. The van der Waals surface area contributed by atoms with E-state index >= 15 is 0 Å². The molecule has 4 aromatic carbocycles. The average molecular weight is 777 g/mol. The summed E-state index contributed by atoms with van der Waals surface area (Å²) in [5.74, 6) is 1.75. The van der Waals surface area contributed by atoms with Gasteiger partial charge in [0.2, 0.25) is 0 Å². The van der Waals surface area contributed by atoms with Crippen molar-refractivity contribution in [2.45, 2.75) is 40.5 Å². The first-order chi connectivity index (χ1) is 23.0. The number of fused-ring (bicyclic) bond motifs is 1. The van der Waals surface area contributed by atoms with Gasteiger partial charge in [-0.25, -0.2) is 4.98 Å². The molecular formula is C37H36Br2N4O5. The molecule has 48 heavy (non-hydrogen) atoms. The second kappa shape index (κ2) is 15.2. The van der Waals surface area contributed by atoms with Crippen LogP contribution in [0, 0.1) is 13.8 Å². The molecule has 1 heterocycles. The number of carbonyl (C=O) groups is 1. The minimum Gasteiger partial charge on any atom is -0.494 e. The number of amides is 1. The first-order valence-corrected chi connectivity index (χ1v) is 17.0. The Morgan fingerprint density at radius 2 is 1.73 bits per heavy atom. The first kappa shape index (κ1) is 34.8. The van der Waals surface area contributed by atoms with Crippen molar-refractivity contribution in [3.63, 3.8) is 0 Å². The van der Waals surface area contributed by atoms with Crippen molar-refractivity contribution >= 4 is 60.6 Å². The summed E-state index contributed by atoms with van der Waals surface area (Å²) in [5, 5.41) is 7.95. The summed E-state index contributed by atoms with van der Waals surface area (Å²) in [6.45, 7) is 10.4. The zero-order valence-corrected chi connectivity index (χ0v) is 30.7. The lowest BCUT2D eigenvalue weighted by atomic mass is 9.96. The van der Waals surface area contributed by atoms with E-state index in [9.17, 15) is 9.59 Å². The van der Waals surface area contributed by atoms with E-state index in [1.165, 1.54) is 11.8 Å². The molecule has 0 saturated heterocycles. The summed E-state index contributed by atoms with van der Waals surface area (Å²) in [4.78, 5) is 31.5. The molecule has 0 spiro atoms. The Kier molecular flexibility index (Phi) is 11.0. The van der Waals surface area contributed by atoms with Gasteiger partial charge in [0.15, 0.2) is 23.9 Å². The van der Waals surface area contributed by atoms with Crippen molar-refractivity contribution in [3.05, 3.63) is 108 Å². The lowest BCUT2D eigenvalue weighted by Crippen LogP contribution is -2.21. The number of hydrogen-bond acceptors (Lipinski definition) is 7. The van der Waals surface area contributed by atoms with Gasteiger partial charge < -0.3 is 19.5 Å². The molecule has 1 N–H and O–H groups in total. The number of aryl methyl sites for hydroxylation is 2. The number of nitrogens with zero attached hydrogens (tertiary/aromatic N) is 3. The topological polar surface area (TPSA) is 104 Å². The van der Waals surface area contributed by atoms with E-state index < -0.39 is 0 Å². The monoisotopic (exact) mass is 774 g/mol. The summed E-state index contributed by atoms with van der Waals surface area (Å²) in [6, 6.07) is 20.4. The lowest BCUT2D eigenvalue weighted by molar-refractivity contribution is -0.118. The highest BCUT2D eigenvalue weighted by molar-refractivity contribution is 9.13. The predicted molar refractivity (Wildman–Crippen MR) is 198 cm³/mol. The number of aromatic nitrogens is 2. The Hall–Kier alpha value is -4.48. The van der Waals surface area contributed by atoms with Gasteiger partial charge in [-0.1, -0.05) is 43.7 Å². The van der Waals surface area contributed by atoms with Crippen molar-refractivity contribution in [3.8, 4) is 28.6 Å². The van der Waals surface area contributed by atoms with Crippen LogP contribution in [-0.4, -0.2) is 42.1 Å². The third kappa shape index (κ3) is 7.47. The van der Waals surface area contributed by atoms with E-state index in [1.54, 1.807) is 24.4 Å². The predicted octanol–water partition coefficient (Wildman–Crippen LogP) is 8.64.